The summed E-state index contributed by atoms with van der Waals surface area (Å²) in [6.45, 7) is 6.47. The first-order valence-corrected chi connectivity index (χ1v) is 7.49. The van der Waals surface area contributed by atoms with Gasteiger partial charge in [0, 0.05) is 11.8 Å². The van der Waals surface area contributed by atoms with E-state index >= 15 is 0 Å². The maximum absolute atomic E-state index is 12.4. The molecular formula is C19H23NO3. The van der Waals surface area contributed by atoms with Gasteiger partial charge in [-0.3, -0.25) is 4.79 Å². The van der Waals surface area contributed by atoms with E-state index in [-0.39, 0.29) is 11.3 Å². The second-order valence-electron chi connectivity index (χ2n) is 6.35. The molecule has 23 heavy (non-hydrogen) atoms. The van der Waals surface area contributed by atoms with Crippen molar-refractivity contribution in [3.8, 4) is 11.5 Å². The molecule has 0 saturated carbocycles. The number of hydrogen-bond acceptors (Lipinski definition) is 3. The Labute approximate surface area is 137 Å². The number of carbonyl (C=O) groups is 1. The third-order valence-electron chi connectivity index (χ3n) is 3.66. The number of amides is 1. The van der Waals surface area contributed by atoms with E-state index < -0.39 is 0 Å². The average molecular weight is 313 g/mol. The highest BCUT2D eigenvalue weighted by molar-refractivity contribution is 6.06. The lowest BCUT2D eigenvalue weighted by atomic mass is 9.87. The van der Waals surface area contributed by atoms with Gasteiger partial charge in [0.25, 0.3) is 5.91 Å². The largest absolute Gasteiger partial charge is 0.497 e. The van der Waals surface area contributed by atoms with Gasteiger partial charge in [0.2, 0.25) is 0 Å². The minimum absolute atomic E-state index is 0.0851. The summed E-state index contributed by atoms with van der Waals surface area (Å²) in [5, 5.41) is 2.89. The fourth-order valence-electron chi connectivity index (χ4n) is 2.24. The second kappa shape index (κ2) is 6.73. The van der Waals surface area contributed by atoms with Gasteiger partial charge in [0.1, 0.15) is 11.5 Å². The summed E-state index contributed by atoms with van der Waals surface area (Å²) in [7, 11) is 3.11. The van der Waals surface area contributed by atoms with Crippen molar-refractivity contribution in [1.29, 1.82) is 0 Å². The van der Waals surface area contributed by atoms with Crippen molar-refractivity contribution < 1.29 is 14.3 Å². The van der Waals surface area contributed by atoms with Gasteiger partial charge in [0.15, 0.2) is 0 Å². The van der Waals surface area contributed by atoms with Crippen LogP contribution >= 0.6 is 0 Å². The third kappa shape index (κ3) is 4.03. The number of methoxy groups -OCH3 is 2. The second-order valence-corrected chi connectivity index (χ2v) is 6.35. The minimum Gasteiger partial charge on any atom is -0.497 e. The Morgan fingerprint density at radius 3 is 2.13 bits per heavy atom. The molecule has 2 rings (SSSR count). The van der Waals surface area contributed by atoms with Gasteiger partial charge in [-0.2, -0.15) is 0 Å². The quantitative estimate of drug-likeness (QED) is 0.917. The summed E-state index contributed by atoms with van der Waals surface area (Å²) < 4.78 is 10.4. The zero-order valence-corrected chi connectivity index (χ0v) is 14.3. The fourth-order valence-corrected chi connectivity index (χ4v) is 2.24. The maximum atomic E-state index is 12.4. The molecule has 4 nitrogen and oxygen atoms in total. The number of anilines is 1. The SMILES string of the molecule is COc1ccc(C(=O)Nc2ccc(C(C)(C)C)cc2)c(OC)c1. The van der Waals surface area contributed by atoms with Crippen molar-refractivity contribution in [1.82, 2.24) is 0 Å². The minimum atomic E-state index is -0.215. The first kappa shape index (κ1) is 16.9. The van der Waals surface area contributed by atoms with Crippen molar-refractivity contribution in [3.63, 3.8) is 0 Å². The molecule has 0 fully saturated rings. The van der Waals surface area contributed by atoms with Crippen LogP contribution in [-0.4, -0.2) is 20.1 Å². The highest BCUT2D eigenvalue weighted by Crippen LogP contribution is 2.26. The molecule has 0 bridgehead atoms. The van der Waals surface area contributed by atoms with Crippen LogP contribution in [0.15, 0.2) is 42.5 Å². The van der Waals surface area contributed by atoms with Gasteiger partial charge in [-0.1, -0.05) is 32.9 Å². The lowest BCUT2D eigenvalue weighted by Crippen LogP contribution is -2.14. The molecule has 0 heterocycles. The number of benzene rings is 2. The lowest BCUT2D eigenvalue weighted by Gasteiger charge is -2.19. The number of ether oxygens (including phenoxy) is 2. The molecule has 0 spiro atoms. The lowest BCUT2D eigenvalue weighted by molar-refractivity contribution is 0.102. The van der Waals surface area contributed by atoms with Crippen molar-refractivity contribution in [2.24, 2.45) is 0 Å². The van der Waals surface area contributed by atoms with E-state index in [4.69, 9.17) is 9.47 Å². The van der Waals surface area contributed by atoms with Gasteiger partial charge in [-0.15, -0.1) is 0 Å². The molecule has 0 aliphatic carbocycles. The molecule has 2 aromatic rings. The van der Waals surface area contributed by atoms with Crippen LogP contribution in [0.3, 0.4) is 0 Å². The van der Waals surface area contributed by atoms with Crippen molar-refractivity contribution in [3.05, 3.63) is 53.6 Å². The van der Waals surface area contributed by atoms with E-state index in [0.29, 0.717) is 17.1 Å². The average Bonchev–Trinajstić information content (AvgIpc) is 2.53. The molecule has 122 valence electrons. The summed E-state index contributed by atoms with van der Waals surface area (Å²) in [5.74, 6) is 0.911. The summed E-state index contributed by atoms with van der Waals surface area (Å²) in [5.41, 5.74) is 2.52. The highest BCUT2D eigenvalue weighted by atomic mass is 16.5. The van der Waals surface area contributed by atoms with Gasteiger partial charge in [0.05, 0.1) is 19.8 Å². The molecule has 0 aliphatic rings. The monoisotopic (exact) mass is 313 g/mol. The summed E-state index contributed by atoms with van der Waals surface area (Å²) in [6, 6.07) is 13.0. The van der Waals surface area contributed by atoms with Gasteiger partial charge < -0.3 is 14.8 Å². The molecule has 0 aromatic heterocycles. The first-order chi connectivity index (χ1) is 10.8. The molecule has 0 radical (unpaired) electrons. The van der Waals surface area contributed by atoms with Crippen LogP contribution in [-0.2, 0) is 5.41 Å². The molecule has 0 saturated heterocycles. The van der Waals surface area contributed by atoms with Crippen LogP contribution in [0.4, 0.5) is 5.69 Å². The Morgan fingerprint density at radius 1 is 0.957 bits per heavy atom. The molecular weight excluding hydrogens is 290 g/mol. The molecule has 0 unspecified atom stereocenters. The Morgan fingerprint density at radius 2 is 1.61 bits per heavy atom. The Hall–Kier alpha value is -2.49. The zero-order chi connectivity index (χ0) is 17.0. The predicted octanol–water partition coefficient (Wildman–Crippen LogP) is 4.25. The van der Waals surface area contributed by atoms with Crippen molar-refractivity contribution in [2.75, 3.05) is 19.5 Å². The number of hydrogen-bond donors (Lipinski definition) is 1. The van der Waals surface area contributed by atoms with Crippen LogP contribution in [0.5, 0.6) is 11.5 Å². The van der Waals surface area contributed by atoms with E-state index in [2.05, 4.69) is 26.1 Å². The summed E-state index contributed by atoms with van der Waals surface area (Å²) >= 11 is 0. The van der Waals surface area contributed by atoms with E-state index in [1.165, 1.54) is 12.7 Å². The topological polar surface area (TPSA) is 47.6 Å². The molecule has 4 heteroatoms. The van der Waals surface area contributed by atoms with Gasteiger partial charge in [-0.25, -0.2) is 0 Å². The number of carbonyl (C=O) groups excluding carboxylic acids is 1. The third-order valence-corrected chi connectivity index (χ3v) is 3.66. The summed E-state index contributed by atoms with van der Waals surface area (Å²) in [6.07, 6.45) is 0. The van der Waals surface area contributed by atoms with E-state index in [1.807, 2.05) is 24.3 Å². The predicted molar refractivity (Wildman–Crippen MR) is 92.6 cm³/mol. The highest BCUT2D eigenvalue weighted by Gasteiger charge is 2.15. The standard InChI is InChI=1S/C19H23NO3/c1-19(2,3)13-6-8-14(9-7-13)20-18(21)16-11-10-15(22-4)12-17(16)23-5/h6-12H,1-5H3,(H,20,21). The maximum Gasteiger partial charge on any atom is 0.259 e. The molecule has 1 N–H and O–H groups in total. The molecule has 1 amide bonds. The van der Waals surface area contributed by atoms with Crippen LogP contribution in [0.2, 0.25) is 0 Å². The van der Waals surface area contributed by atoms with Crippen molar-refractivity contribution >= 4 is 11.6 Å². The molecule has 0 atom stereocenters. The number of rotatable bonds is 4. The Kier molecular flexibility index (Phi) is 4.94. The van der Waals surface area contributed by atoms with Crippen LogP contribution in [0, 0.1) is 0 Å². The van der Waals surface area contributed by atoms with Crippen LogP contribution < -0.4 is 14.8 Å². The normalized spacial score (nSPS) is 11.0. The van der Waals surface area contributed by atoms with Crippen molar-refractivity contribution in [2.45, 2.75) is 26.2 Å². The number of nitrogens with one attached hydrogen (secondary N) is 1. The zero-order valence-electron chi connectivity index (χ0n) is 14.3. The van der Waals surface area contributed by atoms with Crippen LogP contribution in [0.1, 0.15) is 36.7 Å². The van der Waals surface area contributed by atoms with E-state index in [9.17, 15) is 4.79 Å². The van der Waals surface area contributed by atoms with Crippen LogP contribution in [0.25, 0.3) is 0 Å². The van der Waals surface area contributed by atoms with Gasteiger partial charge >= 0.3 is 0 Å². The van der Waals surface area contributed by atoms with Gasteiger partial charge in [-0.05, 0) is 35.2 Å². The smallest absolute Gasteiger partial charge is 0.259 e. The Balaban J connectivity index is 2.19. The van der Waals surface area contributed by atoms with E-state index in [0.717, 1.165) is 5.69 Å². The molecule has 0 aliphatic heterocycles. The first-order valence-electron chi connectivity index (χ1n) is 7.49. The Bertz CT molecular complexity index is 685. The molecule has 2 aromatic carbocycles. The van der Waals surface area contributed by atoms with E-state index in [1.54, 1.807) is 25.3 Å². The summed E-state index contributed by atoms with van der Waals surface area (Å²) in [4.78, 5) is 12.4. The fraction of sp³-hybridized carbons (Fsp3) is 0.316.